The fraction of sp³-hybridized carbons (Fsp3) is 0.308. The smallest absolute Gasteiger partial charge is 0.318 e. The van der Waals surface area contributed by atoms with Crippen molar-refractivity contribution in [2.45, 2.75) is 19.4 Å². The molecule has 2 rings (SSSR count). The summed E-state index contributed by atoms with van der Waals surface area (Å²) in [5, 5.41) is 2.66. The van der Waals surface area contributed by atoms with Crippen molar-refractivity contribution in [1.82, 2.24) is 15.2 Å². The van der Waals surface area contributed by atoms with Gasteiger partial charge in [-0.1, -0.05) is 12.0 Å². The predicted molar refractivity (Wildman–Crippen MR) is 65.3 cm³/mol. The number of amides is 3. The Morgan fingerprint density at radius 2 is 2.22 bits per heavy atom. The second-order valence-electron chi connectivity index (χ2n) is 4.09. The summed E-state index contributed by atoms with van der Waals surface area (Å²) in [5.41, 5.74) is -0.580. The van der Waals surface area contributed by atoms with Gasteiger partial charge in [-0.05, 0) is 26.0 Å². The molecule has 0 aromatic carbocycles. The van der Waals surface area contributed by atoms with Crippen LogP contribution in [-0.2, 0) is 10.3 Å². The summed E-state index contributed by atoms with van der Waals surface area (Å²) in [6, 6.07) is 4.82. The van der Waals surface area contributed by atoms with Crippen molar-refractivity contribution in [3.63, 3.8) is 0 Å². The van der Waals surface area contributed by atoms with Crippen molar-refractivity contribution < 1.29 is 9.59 Å². The highest BCUT2D eigenvalue weighted by atomic mass is 16.2. The van der Waals surface area contributed by atoms with Crippen LogP contribution in [0.1, 0.15) is 19.5 Å². The Bertz CT molecular complexity index is 544. The Kier molecular flexibility index (Phi) is 3.02. The lowest BCUT2D eigenvalue weighted by molar-refractivity contribution is -0.130. The van der Waals surface area contributed by atoms with E-state index in [0.717, 1.165) is 4.90 Å². The molecule has 18 heavy (non-hydrogen) atoms. The fourth-order valence-electron chi connectivity index (χ4n) is 1.83. The maximum absolute atomic E-state index is 12.3. The van der Waals surface area contributed by atoms with Gasteiger partial charge < -0.3 is 5.32 Å². The van der Waals surface area contributed by atoms with Gasteiger partial charge in [0.25, 0.3) is 5.91 Å². The van der Waals surface area contributed by atoms with E-state index in [1.54, 1.807) is 38.2 Å². The van der Waals surface area contributed by atoms with Gasteiger partial charge in [0.05, 0.1) is 12.2 Å². The first-order valence-electron chi connectivity index (χ1n) is 5.55. The van der Waals surface area contributed by atoms with Crippen molar-refractivity contribution in [1.29, 1.82) is 0 Å². The molecule has 1 fully saturated rings. The van der Waals surface area contributed by atoms with E-state index in [9.17, 15) is 9.59 Å². The minimum Gasteiger partial charge on any atom is -0.318 e. The van der Waals surface area contributed by atoms with E-state index >= 15 is 0 Å². The number of carbonyl (C=O) groups is 2. The number of aromatic nitrogens is 1. The van der Waals surface area contributed by atoms with E-state index in [1.165, 1.54) is 0 Å². The molecule has 1 saturated heterocycles. The van der Waals surface area contributed by atoms with Crippen molar-refractivity contribution >= 4 is 11.9 Å². The highest BCUT2D eigenvalue weighted by molar-refractivity contribution is 6.07. The van der Waals surface area contributed by atoms with Gasteiger partial charge in [0.1, 0.15) is 0 Å². The molecule has 1 aromatic heterocycles. The second-order valence-corrected chi connectivity index (χ2v) is 4.09. The number of hydrogen-bond acceptors (Lipinski definition) is 3. The maximum atomic E-state index is 12.3. The summed E-state index contributed by atoms with van der Waals surface area (Å²) in [6.07, 6.45) is 1.59. The Hall–Kier alpha value is -2.35. The summed E-state index contributed by atoms with van der Waals surface area (Å²) in [7, 11) is 0. The topological polar surface area (TPSA) is 62.3 Å². The van der Waals surface area contributed by atoms with Gasteiger partial charge in [-0.3, -0.25) is 14.7 Å². The zero-order valence-electron chi connectivity index (χ0n) is 10.2. The van der Waals surface area contributed by atoms with Gasteiger partial charge in [0.15, 0.2) is 5.54 Å². The molecule has 1 unspecified atom stereocenters. The number of nitrogens with one attached hydrogen (secondary N) is 1. The molecule has 92 valence electrons. The Morgan fingerprint density at radius 3 is 2.83 bits per heavy atom. The first-order valence-corrected chi connectivity index (χ1v) is 5.55. The van der Waals surface area contributed by atoms with Crippen LogP contribution in [0, 0.1) is 11.8 Å². The van der Waals surface area contributed by atoms with Crippen molar-refractivity contribution in [2.24, 2.45) is 0 Å². The van der Waals surface area contributed by atoms with Crippen LogP contribution in [0.5, 0.6) is 0 Å². The summed E-state index contributed by atoms with van der Waals surface area (Å²) in [6.45, 7) is 3.41. The van der Waals surface area contributed by atoms with Crippen LogP contribution >= 0.6 is 0 Å². The van der Waals surface area contributed by atoms with Crippen LogP contribution in [0.25, 0.3) is 0 Å². The van der Waals surface area contributed by atoms with Crippen LogP contribution < -0.4 is 5.32 Å². The Labute approximate surface area is 105 Å². The number of rotatable bonds is 2. The van der Waals surface area contributed by atoms with E-state index < -0.39 is 11.6 Å². The van der Waals surface area contributed by atoms with Crippen molar-refractivity contribution in [2.75, 3.05) is 6.54 Å². The Morgan fingerprint density at radius 1 is 1.44 bits per heavy atom. The van der Waals surface area contributed by atoms with Crippen LogP contribution in [0.3, 0.4) is 0 Å². The molecule has 0 spiro atoms. The molecular formula is C13H13N3O2. The third kappa shape index (κ3) is 1.82. The first kappa shape index (κ1) is 12.1. The highest BCUT2D eigenvalue weighted by Gasteiger charge is 2.49. The zero-order valence-corrected chi connectivity index (χ0v) is 10.2. The summed E-state index contributed by atoms with van der Waals surface area (Å²) in [5.74, 6) is 5.05. The molecule has 2 heterocycles. The third-order valence-corrected chi connectivity index (χ3v) is 2.87. The van der Waals surface area contributed by atoms with E-state index in [1.807, 2.05) is 0 Å². The maximum Gasteiger partial charge on any atom is 0.326 e. The molecule has 5 nitrogen and oxygen atoms in total. The summed E-state index contributed by atoms with van der Waals surface area (Å²) in [4.78, 5) is 29.3. The molecule has 3 amide bonds. The summed E-state index contributed by atoms with van der Waals surface area (Å²) < 4.78 is 0. The zero-order chi connectivity index (χ0) is 13.2. The molecule has 1 aliphatic heterocycles. The van der Waals surface area contributed by atoms with Crippen molar-refractivity contribution in [3.05, 3.63) is 30.1 Å². The van der Waals surface area contributed by atoms with E-state index in [0.29, 0.717) is 5.69 Å². The van der Waals surface area contributed by atoms with Gasteiger partial charge in [-0.25, -0.2) is 4.79 Å². The lowest BCUT2D eigenvalue weighted by Gasteiger charge is -2.20. The second kappa shape index (κ2) is 4.49. The predicted octanol–water partition coefficient (Wildman–Crippen LogP) is 0.872. The number of pyridine rings is 1. The first-order chi connectivity index (χ1) is 8.59. The average Bonchev–Trinajstić information content (AvgIpc) is 2.60. The monoisotopic (exact) mass is 243 g/mol. The number of urea groups is 1. The quantitative estimate of drug-likeness (QED) is 0.619. The number of nitrogens with zero attached hydrogens (tertiary/aromatic N) is 2. The summed E-state index contributed by atoms with van der Waals surface area (Å²) >= 11 is 0. The highest BCUT2D eigenvalue weighted by Crippen LogP contribution is 2.26. The van der Waals surface area contributed by atoms with Crippen molar-refractivity contribution in [3.8, 4) is 11.8 Å². The molecule has 1 N–H and O–H groups in total. The molecule has 1 aromatic rings. The van der Waals surface area contributed by atoms with Gasteiger partial charge >= 0.3 is 6.03 Å². The molecule has 0 saturated carbocycles. The number of imide groups is 1. The lowest BCUT2D eigenvalue weighted by atomic mass is 9.97. The van der Waals surface area contributed by atoms with E-state index in [-0.39, 0.29) is 12.5 Å². The molecule has 1 atom stereocenters. The van der Waals surface area contributed by atoms with E-state index in [2.05, 4.69) is 22.1 Å². The van der Waals surface area contributed by atoms with Crippen LogP contribution in [0.15, 0.2) is 24.4 Å². The molecule has 5 heteroatoms. The number of carbonyl (C=O) groups excluding carboxylic acids is 2. The normalized spacial score (nSPS) is 22.4. The minimum absolute atomic E-state index is 0.101. The standard InChI is InChI=1S/C13H13N3O2/c1-3-4-9-16-11(17)13(2,15-12(16)18)10-7-5-6-8-14-10/h5-8H,9H2,1-2H3,(H,15,18). The van der Waals surface area contributed by atoms with E-state index in [4.69, 9.17) is 0 Å². The van der Waals surface area contributed by atoms with Gasteiger partial charge in [-0.15, -0.1) is 5.92 Å². The lowest BCUT2D eigenvalue weighted by Crippen LogP contribution is -2.41. The SMILES string of the molecule is CC#CCN1C(=O)NC(C)(c2ccccn2)C1=O. The molecule has 0 radical (unpaired) electrons. The minimum atomic E-state index is -1.10. The van der Waals surface area contributed by atoms with Crippen LogP contribution in [0.2, 0.25) is 0 Å². The molecule has 0 aliphatic carbocycles. The van der Waals surface area contributed by atoms with Crippen LogP contribution in [-0.4, -0.2) is 28.4 Å². The third-order valence-electron chi connectivity index (χ3n) is 2.87. The van der Waals surface area contributed by atoms with Crippen LogP contribution in [0.4, 0.5) is 4.79 Å². The van der Waals surface area contributed by atoms with Gasteiger partial charge in [0, 0.05) is 6.20 Å². The van der Waals surface area contributed by atoms with Gasteiger partial charge in [-0.2, -0.15) is 0 Å². The van der Waals surface area contributed by atoms with Gasteiger partial charge in [0.2, 0.25) is 0 Å². The fourth-order valence-corrected chi connectivity index (χ4v) is 1.83. The molecule has 1 aliphatic rings. The number of hydrogen-bond donors (Lipinski definition) is 1. The molecular weight excluding hydrogens is 230 g/mol. The largest absolute Gasteiger partial charge is 0.326 e. The average molecular weight is 243 g/mol. The Balaban J connectivity index is 2.34. The molecule has 0 bridgehead atoms.